The Morgan fingerprint density at radius 3 is 3.00 bits per heavy atom. The first-order valence-corrected chi connectivity index (χ1v) is 6.79. The van der Waals surface area contributed by atoms with Gasteiger partial charge >= 0.3 is 5.97 Å². The van der Waals surface area contributed by atoms with Crippen LogP contribution in [0.15, 0.2) is 18.2 Å². The van der Waals surface area contributed by atoms with Gasteiger partial charge in [0.05, 0.1) is 5.69 Å². The second-order valence-electron chi connectivity index (χ2n) is 3.76. The number of carboxylic acid groups (broad SMARTS) is 1. The largest absolute Gasteiger partial charge is 0.477 e. The highest BCUT2D eigenvalue weighted by molar-refractivity contribution is 7.99. The van der Waals surface area contributed by atoms with Gasteiger partial charge in [0.15, 0.2) is 0 Å². The third-order valence-electron chi connectivity index (χ3n) is 2.23. The molecule has 1 rings (SSSR count). The molecule has 4 nitrogen and oxygen atoms in total. The number of carbonyl (C=O) groups is 1. The summed E-state index contributed by atoms with van der Waals surface area (Å²) in [5.74, 6) is 1.18. The fourth-order valence-electron chi connectivity index (χ4n) is 1.33. The standard InChI is InChI=1S/C12H18N2O2S/c1-3-17-8-9(2)13-7-10-5-4-6-11(14-10)12(15)16/h4-6,9,13H,3,7-8H2,1-2H3,(H,15,16). The summed E-state index contributed by atoms with van der Waals surface area (Å²) in [4.78, 5) is 14.8. The van der Waals surface area contributed by atoms with E-state index in [1.165, 1.54) is 6.07 Å². The zero-order valence-corrected chi connectivity index (χ0v) is 11.0. The normalized spacial score (nSPS) is 12.4. The van der Waals surface area contributed by atoms with Gasteiger partial charge in [-0.15, -0.1) is 0 Å². The highest BCUT2D eigenvalue weighted by Gasteiger charge is 2.06. The number of hydrogen-bond donors (Lipinski definition) is 2. The molecule has 0 aromatic carbocycles. The van der Waals surface area contributed by atoms with E-state index in [2.05, 4.69) is 24.1 Å². The average molecular weight is 254 g/mol. The van der Waals surface area contributed by atoms with E-state index in [-0.39, 0.29) is 5.69 Å². The van der Waals surface area contributed by atoms with E-state index in [0.29, 0.717) is 12.6 Å². The summed E-state index contributed by atoms with van der Waals surface area (Å²) in [6.07, 6.45) is 0. The van der Waals surface area contributed by atoms with Gasteiger partial charge in [-0.05, 0) is 24.8 Å². The van der Waals surface area contributed by atoms with Gasteiger partial charge in [-0.1, -0.05) is 13.0 Å². The Balaban J connectivity index is 2.46. The summed E-state index contributed by atoms with van der Waals surface area (Å²) in [6, 6.07) is 5.45. The Kier molecular flexibility index (Phi) is 6.00. The molecule has 1 aromatic heterocycles. The molecule has 1 atom stereocenters. The van der Waals surface area contributed by atoms with Gasteiger partial charge in [-0.25, -0.2) is 9.78 Å². The van der Waals surface area contributed by atoms with Gasteiger partial charge in [-0.2, -0.15) is 11.8 Å². The second-order valence-corrected chi connectivity index (χ2v) is 5.08. The number of carboxylic acids is 1. The lowest BCUT2D eigenvalue weighted by atomic mass is 10.3. The molecule has 0 radical (unpaired) electrons. The topological polar surface area (TPSA) is 62.2 Å². The number of aromatic carboxylic acids is 1. The third kappa shape index (κ3) is 5.19. The monoisotopic (exact) mass is 254 g/mol. The van der Waals surface area contributed by atoms with Crippen LogP contribution < -0.4 is 5.32 Å². The average Bonchev–Trinajstić information content (AvgIpc) is 2.34. The van der Waals surface area contributed by atoms with Crippen molar-refractivity contribution in [1.82, 2.24) is 10.3 Å². The zero-order chi connectivity index (χ0) is 12.7. The Morgan fingerprint density at radius 2 is 2.35 bits per heavy atom. The van der Waals surface area contributed by atoms with Crippen LogP contribution in [0.5, 0.6) is 0 Å². The van der Waals surface area contributed by atoms with E-state index < -0.39 is 5.97 Å². The van der Waals surface area contributed by atoms with E-state index in [1.54, 1.807) is 6.07 Å². The van der Waals surface area contributed by atoms with Gasteiger partial charge in [-0.3, -0.25) is 0 Å². The smallest absolute Gasteiger partial charge is 0.354 e. The van der Waals surface area contributed by atoms with E-state index >= 15 is 0 Å². The van der Waals surface area contributed by atoms with E-state index in [4.69, 9.17) is 5.11 Å². The molecular formula is C12H18N2O2S. The predicted octanol–water partition coefficient (Wildman–Crippen LogP) is 2.01. The van der Waals surface area contributed by atoms with Crippen LogP contribution in [0, 0.1) is 0 Å². The maximum Gasteiger partial charge on any atom is 0.354 e. The molecule has 2 N–H and O–H groups in total. The predicted molar refractivity (Wildman–Crippen MR) is 70.5 cm³/mol. The number of thioether (sulfide) groups is 1. The van der Waals surface area contributed by atoms with Crippen LogP contribution in [-0.4, -0.2) is 33.6 Å². The van der Waals surface area contributed by atoms with Crippen LogP contribution in [0.1, 0.15) is 30.0 Å². The minimum atomic E-state index is -0.985. The lowest BCUT2D eigenvalue weighted by Gasteiger charge is -2.12. The second kappa shape index (κ2) is 7.29. The van der Waals surface area contributed by atoms with E-state index in [9.17, 15) is 4.79 Å². The quantitative estimate of drug-likeness (QED) is 0.779. The first kappa shape index (κ1) is 14.0. The number of nitrogens with zero attached hydrogens (tertiary/aromatic N) is 1. The molecule has 0 saturated carbocycles. The van der Waals surface area contributed by atoms with Crippen LogP contribution in [0.25, 0.3) is 0 Å². The summed E-state index contributed by atoms with van der Waals surface area (Å²) < 4.78 is 0. The maximum atomic E-state index is 10.7. The summed E-state index contributed by atoms with van der Waals surface area (Å²) in [5.41, 5.74) is 0.859. The Labute approximate surface area is 106 Å². The Bertz CT molecular complexity index is 371. The van der Waals surface area contributed by atoms with Crippen molar-refractivity contribution < 1.29 is 9.90 Å². The van der Waals surface area contributed by atoms with Crippen molar-refractivity contribution in [3.05, 3.63) is 29.6 Å². The maximum absolute atomic E-state index is 10.7. The van der Waals surface area contributed by atoms with Crippen LogP contribution in [-0.2, 0) is 6.54 Å². The first-order chi connectivity index (χ1) is 8.13. The molecule has 0 aliphatic carbocycles. The molecule has 0 saturated heterocycles. The third-order valence-corrected chi connectivity index (χ3v) is 3.37. The number of pyridine rings is 1. The van der Waals surface area contributed by atoms with Crippen molar-refractivity contribution in [1.29, 1.82) is 0 Å². The van der Waals surface area contributed by atoms with Crippen molar-refractivity contribution in [3.8, 4) is 0 Å². The lowest BCUT2D eigenvalue weighted by molar-refractivity contribution is 0.0690. The summed E-state index contributed by atoms with van der Waals surface area (Å²) in [7, 11) is 0. The molecule has 1 aromatic rings. The van der Waals surface area contributed by atoms with Crippen molar-refractivity contribution in [2.45, 2.75) is 26.4 Å². The number of rotatable bonds is 7. The van der Waals surface area contributed by atoms with Crippen LogP contribution in [0.3, 0.4) is 0 Å². The number of nitrogens with one attached hydrogen (secondary N) is 1. The molecule has 0 spiro atoms. The molecule has 0 aliphatic rings. The molecule has 0 amide bonds. The molecule has 1 unspecified atom stereocenters. The van der Waals surface area contributed by atoms with Gasteiger partial charge in [0, 0.05) is 18.3 Å². The summed E-state index contributed by atoms with van der Waals surface area (Å²) in [6.45, 7) is 4.85. The fraction of sp³-hybridized carbons (Fsp3) is 0.500. The minimum absolute atomic E-state index is 0.0971. The van der Waals surface area contributed by atoms with Gasteiger partial charge < -0.3 is 10.4 Å². The van der Waals surface area contributed by atoms with Crippen molar-refractivity contribution in [2.75, 3.05) is 11.5 Å². The minimum Gasteiger partial charge on any atom is -0.477 e. The fourth-order valence-corrected chi connectivity index (χ4v) is 2.04. The van der Waals surface area contributed by atoms with Gasteiger partial charge in [0.1, 0.15) is 5.69 Å². The molecule has 0 fully saturated rings. The summed E-state index contributed by atoms with van der Waals surface area (Å²) >= 11 is 1.88. The molecular weight excluding hydrogens is 236 g/mol. The van der Waals surface area contributed by atoms with Gasteiger partial charge in [0.2, 0.25) is 0 Å². The van der Waals surface area contributed by atoms with Crippen molar-refractivity contribution in [3.63, 3.8) is 0 Å². The highest BCUT2D eigenvalue weighted by atomic mass is 32.2. The van der Waals surface area contributed by atoms with Crippen LogP contribution in [0.2, 0.25) is 0 Å². The van der Waals surface area contributed by atoms with Crippen LogP contribution in [0.4, 0.5) is 0 Å². The first-order valence-electron chi connectivity index (χ1n) is 5.63. The van der Waals surface area contributed by atoms with Gasteiger partial charge in [0.25, 0.3) is 0 Å². The van der Waals surface area contributed by atoms with Crippen molar-refractivity contribution in [2.24, 2.45) is 0 Å². The zero-order valence-electron chi connectivity index (χ0n) is 10.1. The lowest BCUT2D eigenvalue weighted by Crippen LogP contribution is -2.28. The van der Waals surface area contributed by atoms with Crippen LogP contribution >= 0.6 is 11.8 Å². The van der Waals surface area contributed by atoms with E-state index in [1.807, 2.05) is 17.8 Å². The SMILES string of the molecule is CCSCC(C)NCc1cccc(C(=O)O)n1. The summed E-state index contributed by atoms with van der Waals surface area (Å²) in [5, 5.41) is 12.1. The molecule has 0 aliphatic heterocycles. The Hall–Kier alpha value is -1.07. The molecule has 1 heterocycles. The molecule has 94 valence electrons. The number of hydrogen-bond acceptors (Lipinski definition) is 4. The highest BCUT2D eigenvalue weighted by Crippen LogP contribution is 2.03. The van der Waals surface area contributed by atoms with E-state index in [0.717, 1.165) is 17.2 Å². The molecule has 17 heavy (non-hydrogen) atoms. The molecule has 0 bridgehead atoms. The molecule has 5 heteroatoms. The van der Waals surface area contributed by atoms with Crippen molar-refractivity contribution >= 4 is 17.7 Å². The number of aromatic nitrogens is 1. The Morgan fingerprint density at radius 1 is 1.59 bits per heavy atom.